The number of unbranched alkanes of at least 4 members (excludes halogenated alkanes) is 5. The first kappa shape index (κ1) is 22.5. The summed E-state index contributed by atoms with van der Waals surface area (Å²) in [6.07, 6.45) is 7.68. The van der Waals surface area contributed by atoms with Crippen molar-refractivity contribution in [3.05, 3.63) is 23.8 Å². The third-order valence-electron chi connectivity index (χ3n) is 3.66. The number of hydrogen-bond donors (Lipinski definition) is 2. The van der Waals surface area contributed by atoms with Crippen molar-refractivity contribution in [3.63, 3.8) is 0 Å². The summed E-state index contributed by atoms with van der Waals surface area (Å²) in [7, 11) is 1.58. The maximum Gasteiger partial charge on any atom is 0.255 e. The Labute approximate surface area is 151 Å². The van der Waals surface area contributed by atoms with Crippen LogP contribution in [0.15, 0.2) is 18.2 Å². The van der Waals surface area contributed by atoms with E-state index in [-0.39, 0.29) is 19.0 Å². The van der Waals surface area contributed by atoms with Gasteiger partial charge < -0.3 is 20.5 Å². The highest BCUT2D eigenvalue weighted by atomic mass is 35.5. The zero-order valence-electron chi connectivity index (χ0n) is 14.8. The van der Waals surface area contributed by atoms with Gasteiger partial charge in [0.15, 0.2) is 18.1 Å². The van der Waals surface area contributed by atoms with Crippen LogP contribution in [0.5, 0.6) is 11.5 Å². The Morgan fingerprint density at radius 1 is 1.17 bits per heavy atom. The van der Waals surface area contributed by atoms with E-state index in [1.165, 1.54) is 38.5 Å². The van der Waals surface area contributed by atoms with Crippen LogP contribution in [0.2, 0.25) is 0 Å². The number of halogens is 1. The van der Waals surface area contributed by atoms with Crippen LogP contribution >= 0.6 is 12.4 Å². The van der Waals surface area contributed by atoms with Crippen LogP contribution < -0.4 is 20.5 Å². The lowest BCUT2D eigenvalue weighted by molar-refractivity contribution is -0.119. The Hall–Kier alpha value is -1.46. The van der Waals surface area contributed by atoms with E-state index in [1.54, 1.807) is 7.11 Å². The molecule has 0 fully saturated rings. The number of hydrogen-bond acceptors (Lipinski definition) is 4. The van der Waals surface area contributed by atoms with Crippen molar-refractivity contribution in [2.24, 2.45) is 5.73 Å². The van der Waals surface area contributed by atoms with Crippen LogP contribution in [0.25, 0.3) is 0 Å². The predicted molar refractivity (Wildman–Crippen MR) is 100 cm³/mol. The first-order valence-corrected chi connectivity index (χ1v) is 8.46. The first-order valence-electron chi connectivity index (χ1n) is 8.46. The molecule has 1 aromatic carbocycles. The predicted octanol–water partition coefficient (Wildman–Crippen LogP) is 3.43. The monoisotopic (exact) mass is 358 g/mol. The summed E-state index contributed by atoms with van der Waals surface area (Å²) >= 11 is 0. The number of methoxy groups -OCH3 is 1. The van der Waals surface area contributed by atoms with Gasteiger partial charge in [0, 0.05) is 12.1 Å². The third-order valence-corrected chi connectivity index (χ3v) is 3.66. The maximum atomic E-state index is 10.9. The van der Waals surface area contributed by atoms with Crippen molar-refractivity contribution in [1.29, 1.82) is 0 Å². The van der Waals surface area contributed by atoms with Gasteiger partial charge in [0.1, 0.15) is 0 Å². The molecule has 0 saturated heterocycles. The van der Waals surface area contributed by atoms with E-state index in [4.69, 9.17) is 15.2 Å². The average Bonchev–Trinajstić information content (AvgIpc) is 2.55. The lowest BCUT2D eigenvalue weighted by Crippen LogP contribution is -2.21. The molecule has 1 aromatic rings. The molecule has 0 aliphatic heterocycles. The van der Waals surface area contributed by atoms with E-state index in [9.17, 15) is 4.79 Å². The fraction of sp³-hybridized carbons (Fsp3) is 0.611. The third kappa shape index (κ3) is 8.99. The van der Waals surface area contributed by atoms with Gasteiger partial charge in [-0.3, -0.25) is 4.79 Å². The first-order chi connectivity index (χ1) is 11.2. The highest BCUT2D eigenvalue weighted by Gasteiger charge is 2.11. The highest BCUT2D eigenvalue weighted by molar-refractivity contribution is 5.85. The summed E-state index contributed by atoms with van der Waals surface area (Å²) in [6.45, 7) is 3.73. The minimum absolute atomic E-state index is 0. The molecule has 0 aliphatic rings. The summed E-state index contributed by atoms with van der Waals surface area (Å²) in [5.41, 5.74) is 6.12. The molecular formula is C18H31ClN2O3. The maximum absolute atomic E-state index is 10.9. The molecular weight excluding hydrogens is 328 g/mol. The molecule has 0 saturated carbocycles. The SMILES string of the molecule is CCCCCCCCNCc1cccc(OC)c1OCC(N)=O.Cl. The highest BCUT2D eigenvalue weighted by Crippen LogP contribution is 2.30. The molecule has 138 valence electrons. The van der Waals surface area contributed by atoms with Gasteiger partial charge in [-0.2, -0.15) is 0 Å². The molecule has 0 bridgehead atoms. The van der Waals surface area contributed by atoms with Gasteiger partial charge in [0.25, 0.3) is 5.91 Å². The lowest BCUT2D eigenvalue weighted by Gasteiger charge is -2.14. The number of benzene rings is 1. The summed E-state index contributed by atoms with van der Waals surface area (Å²) in [5.74, 6) is 0.705. The van der Waals surface area contributed by atoms with Gasteiger partial charge in [0.2, 0.25) is 0 Å². The smallest absolute Gasteiger partial charge is 0.255 e. The molecule has 0 unspecified atom stereocenters. The molecule has 3 N–H and O–H groups in total. The molecule has 0 atom stereocenters. The minimum atomic E-state index is -0.498. The van der Waals surface area contributed by atoms with Gasteiger partial charge in [-0.25, -0.2) is 0 Å². The number of primary amides is 1. The number of carbonyl (C=O) groups is 1. The lowest BCUT2D eigenvalue weighted by atomic mass is 10.1. The van der Waals surface area contributed by atoms with Gasteiger partial charge >= 0.3 is 0 Å². The Morgan fingerprint density at radius 3 is 2.54 bits per heavy atom. The van der Waals surface area contributed by atoms with Crippen molar-refractivity contribution in [3.8, 4) is 11.5 Å². The summed E-state index contributed by atoms with van der Waals surface area (Å²) < 4.78 is 10.8. The Morgan fingerprint density at radius 2 is 1.88 bits per heavy atom. The van der Waals surface area contributed by atoms with Crippen molar-refractivity contribution in [1.82, 2.24) is 5.32 Å². The molecule has 5 nitrogen and oxygen atoms in total. The molecule has 0 radical (unpaired) electrons. The molecule has 0 heterocycles. The van der Waals surface area contributed by atoms with E-state index < -0.39 is 5.91 Å². The molecule has 6 heteroatoms. The second-order valence-electron chi connectivity index (χ2n) is 5.65. The van der Waals surface area contributed by atoms with Gasteiger partial charge in [0.05, 0.1) is 7.11 Å². The second kappa shape index (κ2) is 13.9. The Kier molecular flexibility index (Phi) is 13.1. The largest absolute Gasteiger partial charge is 0.493 e. The number of nitrogens with one attached hydrogen (secondary N) is 1. The number of rotatable bonds is 13. The molecule has 0 spiro atoms. The van der Waals surface area contributed by atoms with Crippen molar-refractivity contribution < 1.29 is 14.3 Å². The standard InChI is InChI=1S/C18H30N2O3.ClH/c1-3-4-5-6-7-8-12-20-13-15-10-9-11-16(22-2)18(15)23-14-17(19)21;/h9-11,20H,3-8,12-14H2,1-2H3,(H2,19,21);1H. The van der Waals surface area contributed by atoms with Crippen molar-refractivity contribution >= 4 is 18.3 Å². The van der Waals surface area contributed by atoms with Crippen LogP contribution in [0, 0.1) is 0 Å². The average molecular weight is 359 g/mol. The number of para-hydroxylation sites is 1. The second-order valence-corrected chi connectivity index (χ2v) is 5.65. The molecule has 1 amide bonds. The minimum Gasteiger partial charge on any atom is -0.493 e. The van der Waals surface area contributed by atoms with Gasteiger partial charge in [-0.1, -0.05) is 51.2 Å². The van der Waals surface area contributed by atoms with Crippen LogP contribution in [-0.2, 0) is 11.3 Å². The van der Waals surface area contributed by atoms with Crippen molar-refractivity contribution in [2.75, 3.05) is 20.3 Å². The Balaban J connectivity index is 0.00000529. The summed E-state index contributed by atoms with van der Waals surface area (Å²) in [5, 5.41) is 3.42. The Bertz CT molecular complexity index is 470. The van der Waals surface area contributed by atoms with E-state index in [1.807, 2.05) is 18.2 Å². The topological polar surface area (TPSA) is 73.6 Å². The fourth-order valence-electron chi connectivity index (χ4n) is 2.42. The van der Waals surface area contributed by atoms with Crippen LogP contribution in [0.1, 0.15) is 51.0 Å². The quantitative estimate of drug-likeness (QED) is 0.530. The molecule has 0 aromatic heterocycles. The number of ether oxygens (including phenoxy) is 2. The van der Waals surface area contributed by atoms with Crippen LogP contribution in [0.3, 0.4) is 0 Å². The van der Waals surface area contributed by atoms with E-state index >= 15 is 0 Å². The summed E-state index contributed by atoms with van der Waals surface area (Å²) in [4.78, 5) is 10.9. The van der Waals surface area contributed by atoms with E-state index in [0.717, 1.165) is 12.1 Å². The normalized spacial score (nSPS) is 10.1. The van der Waals surface area contributed by atoms with Crippen LogP contribution in [-0.4, -0.2) is 26.2 Å². The van der Waals surface area contributed by atoms with E-state index in [2.05, 4.69) is 12.2 Å². The zero-order chi connectivity index (χ0) is 16.9. The van der Waals surface area contributed by atoms with Gasteiger partial charge in [-0.05, 0) is 19.0 Å². The number of nitrogens with two attached hydrogens (primary N) is 1. The zero-order valence-corrected chi connectivity index (χ0v) is 15.6. The number of carbonyl (C=O) groups excluding carboxylic acids is 1. The fourth-order valence-corrected chi connectivity index (χ4v) is 2.42. The van der Waals surface area contributed by atoms with E-state index in [0.29, 0.717) is 18.0 Å². The molecule has 1 rings (SSSR count). The number of amides is 1. The van der Waals surface area contributed by atoms with Crippen molar-refractivity contribution in [2.45, 2.75) is 52.0 Å². The molecule has 24 heavy (non-hydrogen) atoms. The van der Waals surface area contributed by atoms with Crippen LogP contribution in [0.4, 0.5) is 0 Å². The van der Waals surface area contributed by atoms with Gasteiger partial charge in [-0.15, -0.1) is 12.4 Å². The summed E-state index contributed by atoms with van der Waals surface area (Å²) in [6, 6.07) is 5.69. The molecule has 0 aliphatic carbocycles.